The molecule has 0 aliphatic rings. The molecule has 0 unspecified atom stereocenters. The van der Waals surface area contributed by atoms with Crippen LogP contribution >= 0.6 is 11.6 Å². The number of fused-ring (bicyclic) bond motifs is 1. The van der Waals surface area contributed by atoms with Crippen molar-refractivity contribution >= 4 is 39.8 Å². The molecule has 0 aliphatic carbocycles. The fraction of sp³-hybridized carbons (Fsp3) is 0.154. The topological polar surface area (TPSA) is 69.7 Å². The molecule has 0 fully saturated rings. The van der Waals surface area contributed by atoms with Gasteiger partial charge in [0.05, 0.1) is 11.7 Å². The molecule has 2 aromatic heterocycles. The minimum Gasteiger partial charge on any atom is -0.363 e. The number of anilines is 3. The van der Waals surface area contributed by atoms with Gasteiger partial charge in [0.2, 0.25) is 5.28 Å². The molecule has 0 spiro atoms. The summed E-state index contributed by atoms with van der Waals surface area (Å²) in [4.78, 5) is 10.2. The fourth-order valence-electron chi connectivity index (χ4n) is 1.87. The molecule has 3 rings (SSSR count). The number of nitrogens with zero attached hydrogens (tertiary/aromatic N) is 4. The van der Waals surface area contributed by atoms with E-state index in [1.807, 2.05) is 43.3 Å². The number of aromatic nitrogens is 4. The highest BCUT2D eigenvalue weighted by atomic mass is 35.5. The minimum absolute atomic E-state index is 0.211. The molecule has 1 aromatic carbocycles. The van der Waals surface area contributed by atoms with Gasteiger partial charge in [-0.15, -0.1) is 0 Å². The molecule has 0 saturated heterocycles. The van der Waals surface area contributed by atoms with E-state index >= 15 is 0 Å². The molecule has 0 radical (unpaired) electrons. The Hall–Kier alpha value is -2.34. The zero-order chi connectivity index (χ0) is 14.1. The summed E-state index contributed by atoms with van der Waals surface area (Å²) < 4.78 is 0. The van der Waals surface area contributed by atoms with Gasteiger partial charge < -0.3 is 10.2 Å². The molecular weight excluding hydrogens is 276 g/mol. The maximum atomic E-state index is 5.93. The second kappa shape index (κ2) is 4.97. The Bertz CT molecular complexity index is 751. The highest BCUT2D eigenvalue weighted by molar-refractivity contribution is 6.28. The third-order valence-electron chi connectivity index (χ3n) is 2.86. The molecule has 0 saturated carbocycles. The van der Waals surface area contributed by atoms with Crippen LogP contribution < -0.4 is 10.2 Å². The van der Waals surface area contributed by atoms with E-state index < -0.39 is 0 Å². The van der Waals surface area contributed by atoms with E-state index in [4.69, 9.17) is 11.6 Å². The van der Waals surface area contributed by atoms with Crippen molar-refractivity contribution in [1.82, 2.24) is 20.2 Å². The summed E-state index contributed by atoms with van der Waals surface area (Å²) in [5, 5.41) is 11.4. The third-order valence-corrected chi connectivity index (χ3v) is 3.03. The molecule has 2 heterocycles. The minimum atomic E-state index is 0.211. The second-order valence-corrected chi connectivity index (χ2v) is 4.91. The van der Waals surface area contributed by atoms with Crippen LogP contribution in [0.4, 0.5) is 17.3 Å². The maximum absolute atomic E-state index is 5.93. The number of hydrogen-bond donors (Lipinski definition) is 2. The first kappa shape index (κ1) is 12.7. The van der Waals surface area contributed by atoms with E-state index in [1.54, 1.807) is 6.20 Å². The van der Waals surface area contributed by atoms with Gasteiger partial charge in [-0.05, 0) is 29.8 Å². The number of benzene rings is 1. The molecule has 20 heavy (non-hydrogen) atoms. The van der Waals surface area contributed by atoms with Gasteiger partial charge in [-0.2, -0.15) is 5.10 Å². The maximum Gasteiger partial charge on any atom is 0.226 e. The lowest BCUT2D eigenvalue weighted by atomic mass is 10.2. The summed E-state index contributed by atoms with van der Waals surface area (Å²) in [6, 6.07) is 7.74. The summed E-state index contributed by atoms with van der Waals surface area (Å²) >= 11 is 5.93. The van der Waals surface area contributed by atoms with Crippen molar-refractivity contribution in [2.45, 2.75) is 0 Å². The van der Waals surface area contributed by atoms with E-state index in [0.29, 0.717) is 5.82 Å². The first-order valence-corrected chi connectivity index (χ1v) is 6.42. The van der Waals surface area contributed by atoms with Crippen molar-refractivity contribution < 1.29 is 0 Å². The van der Waals surface area contributed by atoms with Crippen molar-refractivity contribution in [3.63, 3.8) is 0 Å². The van der Waals surface area contributed by atoms with Crippen LogP contribution in [-0.4, -0.2) is 34.3 Å². The van der Waals surface area contributed by atoms with Gasteiger partial charge >= 0.3 is 0 Å². The zero-order valence-corrected chi connectivity index (χ0v) is 11.8. The van der Waals surface area contributed by atoms with Crippen LogP contribution in [0, 0.1) is 0 Å². The molecule has 0 amide bonds. The predicted molar refractivity (Wildman–Crippen MR) is 80.7 cm³/mol. The summed E-state index contributed by atoms with van der Waals surface area (Å²) in [5.74, 6) is 1.40. The number of aromatic amines is 1. The highest BCUT2D eigenvalue weighted by Gasteiger charge is 2.06. The van der Waals surface area contributed by atoms with Crippen molar-refractivity contribution in [2.24, 2.45) is 0 Å². The van der Waals surface area contributed by atoms with Gasteiger partial charge in [0.25, 0.3) is 0 Å². The van der Waals surface area contributed by atoms with Gasteiger partial charge in [0.15, 0.2) is 0 Å². The zero-order valence-electron chi connectivity index (χ0n) is 11.1. The number of halogens is 1. The summed E-state index contributed by atoms with van der Waals surface area (Å²) in [7, 11) is 3.81. The predicted octanol–water partition coefficient (Wildman–Crippen LogP) is 2.82. The van der Waals surface area contributed by atoms with Crippen molar-refractivity contribution in [3.8, 4) is 0 Å². The Morgan fingerprint density at radius 2 is 2.05 bits per heavy atom. The molecule has 0 bridgehead atoms. The number of rotatable bonds is 3. The average molecular weight is 289 g/mol. The van der Waals surface area contributed by atoms with Gasteiger partial charge in [-0.1, -0.05) is 0 Å². The van der Waals surface area contributed by atoms with E-state index in [-0.39, 0.29) is 5.28 Å². The first-order valence-electron chi connectivity index (χ1n) is 6.04. The molecule has 3 aromatic rings. The lowest BCUT2D eigenvalue weighted by Crippen LogP contribution is -2.11. The van der Waals surface area contributed by atoms with Crippen LogP contribution in [0.3, 0.4) is 0 Å². The Balaban J connectivity index is 1.93. The van der Waals surface area contributed by atoms with Crippen LogP contribution in [0.25, 0.3) is 10.9 Å². The Kier molecular flexibility index (Phi) is 3.15. The lowest BCUT2D eigenvalue weighted by molar-refractivity contribution is 1.04. The van der Waals surface area contributed by atoms with Crippen LogP contribution in [0.5, 0.6) is 0 Å². The van der Waals surface area contributed by atoms with Gasteiger partial charge in [0, 0.05) is 31.2 Å². The van der Waals surface area contributed by atoms with Crippen molar-refractivity contribution in [1.29, 1.82) is 0 Å². The Morgan fingerprint density at radius 1 is 1.20 bits per heavy atom. The first-order chi connectivity index (χ1) is 9.61. The van der Waals surface area contributed by atoms with Crippen molar-refractivity contribution in [2.75, 3.05) is 24.3 Å². The van der Waals surface area contributed by atoms with Crippen LogP contribution in [0.15, 0.2) is 30.5 Å². The fourth-order valence-corrected chi connectivity index (χ4v) is 2.04. The normalized spacial score (nSPS) is 10.8. The van der Waals surface area contributed by atoms with Crippen molar-refractivity contribution in [3.05, 3.63) is 35.7 Å². The number of H-pyrrole nitrogens is 1. The largest absolute Gasteiger partial charge is 0.363 e. The summed E-state index contributed by atoms with van der Waals surface area (Å²) in [5.41, 5.74) is 1.91. The molecule has 0 atom stereocenters. The van der Waals surface area contributed by atoms with E-state index in [0.717, 1.165) is 22.4 Å². The standard InChI is InChI=1S/C13H13ClN6/c1-20(2)12-6-11(17-13(14)18-12)16-9-3-4-10-8(5-9)7-15-19-10/h3-7H,1-2H3,(H,15,19)(H,16,17,18). The molecule has 0 aliphatic heterocycles. The summed E-state index contributed by atoms with van der Waals surface area (Å²) in [6.07, 6.45) is 1.78. The quantitative estimate of drug-likeness (QED) is 0.725. The summed E-state index contributed by atoms with van der Waals surface area (Å²) in [6.45, 7) is 0. The van der Waals surface area contributed by atoms with Crippen LogP contribution in [0.1, 0.15) is 0 Å². The van der Waals surface area contributed by atoms with Crippen LogP contribution in [-0.2, 0) is 0 Å². The highest BCUT2D eigenvalue weighted by Crippen LogP contribution is 2.22. The number of hydrogen-bond acceptors (Lipinski definition) is 5. The SMILES string of the molecule is CN(C)c1cc(Nc2ccc3[nH]ncc3c2)nc(Cl)n1. The van der Waals surface area contributed by atoms with Gasteiger partial charge in [-0.3, -0.25) is 5.10 Å². The molecular formula is C13H13ClN6. The molecule has 2 N–H and O–H groups in total. The van der Waals surface area contributed by atoms with Crippen LogP contribution in [0.2, 0.25) is 5.28 Å². The molecule has 102 valence electrons. The third kappa shape index (κ3) is 2.50. The van der Waals surface area contributed by atoms with Gasteiger partial charge in [-0.25, -0.2) is 9.97 Å². The van der Waals surface area contributed by atoms with Gasteiger partial charge in [0.1, 0.15) is 11.6 Å². The van der Waals surface area contributed by atoms with E-state index in [2.05, 4.69) is 25.5 Å². The monoisotopic (exact) mass is 288 g/mol. The Labute approximate surface area is 120 Å². The smallest absolute Gasteiger partial charge is 0.226 e. The molecule has 7 heteroatoms. The number of nitrogens with one attached hydrogen (secondary N) is 2. The second-order valence-electron chi connectivity index (χ2n) is 4.57. The molecule has 6 nitrogen and oxygen atoms in total. The van der Waals surface area contributed by atoms with E-state index in [9.17, 15) is 0 Å². The van der Waals surface area contributed by atoms with E-state index in [1.165, 1.54) is 0 Å². The lowest BCUT2D eigenvalue weighted by Gasteiger charge is -2.13. The average Bonchev–Trinajstić information content (AvgIpc) is 2.85. The Morgan fingerprint density at radius 3 is 2.85 bits per heavy atom.